The third-order valence-corrected chi connectivity index (χ3v) is 5.60. The molecule has 2 heteroatoms. The van der Waals surface area contributed by atoms with Crippen LogP contribution in [0, 0.1) is 19.8 Å². The predicted molar refractivity (Wildman–Crippen MR) is 118 cm³/mol. The molecule has 0 aliphatic carbocycles. The summed E-state index contributed by atoms with van der Waals surface area (Å²) in [6.07, 6.45) is 10.9. The topological polar surface area (TPSA) is 26.3 Å². The van der Waals surface area contributed by atoms with Crippen molar-refractivity contribution in [1.29, 1.82) is 0 Å². The highest BCUT2D eigenvalue weighted by atomic mass is 16.5. The molecular weight excluding hydrogens is 344 g/mol. The normalized spacial score (nSPS) is 12.0. The standard InChI is InChI=1S/C26H36O2/c1-4-5-6-7-9-23(19-25-12-11-21(2)22(3)18-25)10-8-17-28-26-15-13-24(20-27)14-16-26/h11-16,18,20,23H,4-10,17,19H2,1-3H3/t23-/m1/s1. The fourth-order valence-corrected chi connectivity index (χ4v) is 3.68. The molecule has 0 saturated heterocycles. The van der Waals surface area contributed by atoms with Gasteiger partial charge in [0, 0.05) is 5.56 Å². The van der Waals surface area contributed by atoms with Gasteiger partial charge in [-0.2, -0.15) is 0 Å². The number of aryl methyl sites for hydroxylation is 2. The number of unbranched alkanes of at least 4 members (excludes halogenated alkanes) is 3. The average Bonchev–Trinajstić information content (AvgIpc) is 2.71. The van der Waals surface area contributed by atoms with E-state index in [9.17, 15) is 4.79 Å². The Labute approximate surface area is 171 Å². The second kappa shape index (κ2) is 12.4. The summed E-state index contributed by atoms with van der Waals surface area (Å²) in [7, 11) is 0. The molecule has 0 unspecified atom stereocenters. The van der Waals surface area contributed by atoms with E-state index in [1.54, 1.807) is 12.1 Å². The highest BCUT2D eigenvalue weighted by Gasteiger charge is 2.11. The van der Waals surface area contributed by atoms with Crippen LogP contribution in [0.3, 0.4) is 0 Å². The largest absolute Gasteiger partial charge is 0.494 e. The van der Waals surface area contributed by atoms with Crippen molar-refractivity contribution in [2.75, 3.05) is 6.61 Å². The SMILES string of the molecule is CCCCCC[C@H](CCCOc1ccc(C=O)cc1)Cc1ccc(C)c(C)c1. The molecule has 0 heterocycles. The van der Waals surface area contributed by atoms with Crippen LogP contribution in [0.25, 0.3) is 0 Å². The highest BCUT2D eigenvalue weighted by Crippen LogP contribution is 2.23. The second-order valence-electron chi connectivity index (χ2n) is 8.02. The van der Waals surface area contributed by atoms with Crippen LogP contribution in [0.5, 0.6) is 5.75 Å². The number of ether oxygens (including phenoxy) is 1. The zero-order valence-corrected chi connectivity index (χ0v) is 17.9. The van der Waals surface area contributed by atoms with E-state index in [0.717, 1.165) is 31.0 Å². The number of hydrogen-bond acceptors (Lipinski definition) is 2. The molecule has 2 nitrogen and oxygen atoms in total. The molecule has 0 N–H and O–H groups in total. The minimum Gasteiger partial charge on any atom is -0.494 e. The summed E-state index contributed by atoms with van der Waals surface area (Å²) < 4.78 is 5.87. The highest BCUT2D eigenvalue weighted by molar-refractivity contribution is 5.74. The zero-order valence-electron chi connectivity index (χ0n) is 17.9. The number of carbonyl (C=O) groups is 1. The molecular formula is C26H36O2. The molecule has 0 radical (unpaired) electrons. The smallest absolute Gasteiger partial charge is 0.150 e. The van der Waals surface area contributed by atoms with E-state index < -0.39 is 0 Å². The van der Waals surface area contributed by atoms with E-state index in [-0.39, 0.29) is 0 Å². The molecule has 2 aromatic carbocycles. The predicted octanol–water partition coefficient (Wildman–Crippen LogP) is 7.10. The van der Waals surface area contributed by atoms with Crippen LogP contribution in [0.1, 0.15) is 78.9 Å². The molecule has 0 aromatic heterocycles. The number of carbonyl (C=O) groups excluding carboxylic acids is 1. The van der Waals surface area contributed by atoms with Gasteiger partial charge in [0.05, 0.1) is 6.61 Å². The van der Waals surface area contributed by atoms with Crippen molar-refractivity contribution >= 4 is 6.29 Å². The van der Waals surface area contributed by atoms with Gasteiger partial charge >= 0.3 is 0 Å². The maximum atomic E-state index is 10.7. The van der Waals surface area contributed by atoms with Gasteiger partial charge in [-0.1, -0.05) is 57.2 Å². The van der Waals surface area contributed by atoms with Crippen molar-refractivity contribution in [1.82, 2.24) is 0 Å². The van der Waals surface area contributed by atoms with E-state index >= 15 is 0 Å². The molecule has 2 rings (SSSR count). The fourth-order valence-electron chi connectivity index (χ4n) is 3.68. The van der Waals surface area contributed by atoms with Crippen LogP contribution in [-0.2, 0) is 6.42 Å². The quantitative estimate of drug-likeness (QED) is 0.273. The summed E-state index contributed by atoms with van der Waals surface area (Å²) in [5, 5.41) is 0. The van der Waals surface area contributed by atoms with Crippen molar-refractivity contribution in [2.24, 2.45) is 5.92 Å². The lowest BCUT2D eigenvalue weighted by molar-refractivity contribution is 0.112. The van der Waals surface area contributed by atoms with Gasteiger partial charge in [-0.15, -0.1) is 0 Å². The molecule has 1 atom stereocenters. The second-order valence-corrected chi connectivity index (χ2v) is 8.02. The first-order chi connectivity index (χ1) is 13.6. The Morgan fingerprint density at radius 1 is 0.893 bits per heavy atom. The van der Waals surface area contributed by atoms with Gasteiger partial charge in [0.25, 0.3) is 0 Å². The Morgan fingerprint density at radius 2 is 1.64 bits per heavy atom. The van der Waals surface area contributed by atoms with Crippen molar-refractivity contribution < 1.29 is 9.53 Å². The summed E-state index contributed by atoms with van der Waals surface area (Å²) in [6.45, 7) is 7.39. The first-order valence-electron chi connectivity index (χ1n) is 10.9. The van der Waals surface area contributed by atoms with Crippen LogP contribution >= 0.6 is 0 Å². The molecule has 0 amide bonds. The summed E-state index contributed by atoms with van der Waals surface area (Å²) in [5.41, 5.74) is 4.92. The summed E-state index contributed by atoms with van der Waals surface area (Å²) >= 11 is 0. The third-order valence-electron chi connectivity index (χ3n) is 5.60. The summed E-state index contributed by atoms with van der Waals surface area (Å²) in [6, 6.07) is 14.3. The maximum absolute atomic E-state index is 10.7. The van der Waals surface area contributed by atoms with Gasteiger partial charge in [0.15, 0.2) is 0 Å². The number of aldehydes is 1. The molecule has 0 aliphatic heterocycles. The van der Waals surface area contributed by atoms with E-state index in [1.165, 1.54) is 61.6 Å². The fraction of sp³-hybridized carbons (Fsp3) is 0.500. The van der Waals surface area contributed by atoms with Crippen LogP contribution in [-0.4, -0.2) is 12.9 Å². The molecule has 152 valence electrons. The van der Waals surface area contributed by atoms with Gasteiger partial charge in [0.1, 0.15) is 12.0 Å². The first kappa shape index (κ1) is 22.2. The Morgan fingerprint density at radius 3 is 2.32 bits per heavy atom. The van der Waals surface area contributed by atoms with Crippen LogP contribution < -0.4 is 4.74 Å². The average molecular weight is 381 g/mol. The van der Waals surface area contributed by atoms with Gasteiger partial charge in [-0.25, -0.2) is 0 Å². The maximum Gasteiger partial charge on any atom is 0.150 e. The van der Waals surface area contributed by atoms with Crippen molar-refractivity contribution in [2.45, 2.75) is 72.1 Å². The Bertz CT molecular complexity index is 703. The van der Waals surface area contributed by atoms with E-state index in [1.807, 2.05) is 12.1 Å². The lowest BCUT2D eigenvalue weighted by atomic mass is 9.89. The zero-order chi connectivity index (χ0) is 20.2. The molecule has 0 spiro atoms. The molecule has 0 aliphatic rings. The number of rotatable bonds is 13. The summed E-state index contributed by atoms with van der Waals surface area (Å²) in [4.78, 5) is 10.7. The molecule has 28 heavy (non-hydrogen) atoms. The molecule has 2 aromatic rings. The van der Waals surface area contributed by atoms with E-state index in [4.69, 9.17) is 4.74 Å². The van der Waals surface area contributed by atoms with Crippen molar-refractivity contribution in [3.05, 3.63) is 64.7 Å². The van der Waals surface area contributed by atoms with Gasteiger partial charge < -0.3 is 4.74 Å². The molecule has 0 saturated carbocycles. The minimum atomic E-state index is 0.688. The van der Waals surface area contributed by atoms with Crippen LogP contribution in [0.4, 0.5) is 0 Å². The Balaban J connectivity index is 1.83. The molecule has 0 bridgehead atoms. The van der Waals surface area contributed by atoms with Crippen LogP contribution in [0.15, 0.2) is 42.5 Å². The lowest BCUT2D eigenvalue weighted by Gasteiger charge is -2.18. The van der Waals surface area contributed by atoms with Gasteiger partial charge in [0.2, 0.25) is 0 Å². The Hall–Kier alpha value is -2.09. The Kier molecular flexibility index (Phi) is 9.82. The van der Waals surface area contributed by atoms with E-state index in [2.05, 4.69) is 39.0 Å². The third kappa shape index (κ3) is 7.88. The molecule has 0 fully saturated rings. The number of benzene rings is 2. The van der Waals surface area contributed by atoms with Gasteiger partial charge in [-0.05, 0) is 80.0 Å². The monoisotopic (exact) mass is 380 g/mol. The van der Waals surface area contributed by atoms with Crippen molar-refractivity contribution in [3.8, 4) is 5.75 Å². The number of hydrogen-bond donors (Lipinski definition) is 0. The lowest BCUT2D eigenvalue weighted by Crippen LogP contribution is -2.08. The first-order valence-corrected chi connectivity index (χ1v) is 10.9. The van der Waals surface area contributed by atoms with Gasteiger partial charge in [-0.3, -0.25) is 4.79 Å². The van der Waals surface area contributed by atoms with E-state index in [0.29, 0.717) is 5.56 Å². The van der Waals surface area contributed by atoms with Crippen molar-refractivity contribution in [3.63, 3.8) is 0 Å². The van der Waals surface area contributed by atoms with Crippen LogP contribution in [0.2, 0.25) is 0 Å². The minimum absolute atomic E-state index is 0.688. The summed E-state index contributed by atoms with van der Waals surface area (Å²) in [5.74, 6) is 1.57.